The highest BCUT2D eigenvalue weighted by Gasteiger charge is 2.34. The Labute approximate surface area is 139 Å². The monoisotopic (exact) mass is 336 g/mol. The molecule has 2 amide bonds. The Bertz CT molecular complexity index is 601. The van der Waals surface area contributed by atoms with E-state index in [-0.39, 0.29) is 31.4 Å². The zero-order valence-corrected chi connectivity index (χ0v) is 13.4. The van der Waals surface area contributed by atoms with E-state index in [0.29, 0.717) is 12.3 Å². The van der Waals surface area contributed by atoms with Crippen molar-refractivity contribution in [3.63, 3.8) is 0 Å². The van der Waals surface area contributed by atoms with E-state index in [1.54, 1.807) is 36.3 Å². The van der Waals surface area contributed by atoms with Gasteiger partial charge in [-0.25, -0.2) is 4.79 Å². The van der Waals surface area contributed by atoms with Gasteiger partial charge in [0.2, 0.25) is 11.8 Å². The molecule has 0 spiro atoms. The van der Waals surface area contributed by atoms with Crippen molar-refractivity contribution in [2.24, 2.45) is 5.92 Å². The lowest BCUT2D eigenvalue weighted by Crippen LogP contribution is -2.35. The van der Waals surface area contributed by atoms with Gasteiger partial charge in [-0.1, -0.05) is 0 Å². The number of nitrogens with one attached hydrogen (secondary N) is 1. The summed E-state index contributed by atoms with van der Waals surface area (Å²) in [5.41, 5.74) is 0.723. The van der Waals surface area contributed by atoms with E-state index < -0.39 is 18.5 Å². The molecule has 8 nitrogen and oxygen atoms in total. The highest BCUT2D eigenvalue weighted by Crippen LogP contribution is 2.26. The first kappa shape index (κ1) is 17.7. The fraction of sp³-hybridized carbons (Fsp3) is 0.438. The first-order valence-electron chi connectivity index (χ1n) is 7.53. The lowest BCUT2D eigenvalue weighted by molar-refractivity contribution is -0.142. The zero-order valence-electron chi connectivity index (χ0n) is 13.4. The van der Waals surface area contributed by atoms with Crippen LogP contribution in [0.4, 0.5) is 5.69 Å². The number of anilines is 1. The average molecular weight is 336 g/mol. The topological polar surface area (TPSA) is 105 Å². The normalized spacial score (nSPS) is 17.0. The number of ether oxygens (including phenoxy) is 2. The quantitative estimate of drug-likeness (QED) is 0.660. The molecule has 0 bridgehead atoms. The third-order valence-electron chi connectivity index (χ3n) is 3.65. The summed E-state index contributed by atoms with van der Waals surface area (Å²) in [6, 6.07) is 7.07. The van der Waals surface area contributed by atoms with Crippen molar-refractivity contribution in [2.45, 2.75) is 6.42 Å². The third kappa shape index (κ3) is 4.69. The molecule has 0 aromatic heterocycles. The number of aliphatic carboxylic acids is 1. The van der Waals surface area contributed by atoms with Crippen LogP contribution >= 0.6 is 0 Å². The van der Waals surface area contributed by atoms with E-state index in [9.17, 15) is 14.4 Å². The molecule has 1 atom stereocenters. The Balaban J connectivity index is 1.82. The van der Waals surface area contributed by atoms with Gasteiger partial charge in [-0.2, -0.15) is 0 Å². The highest BCUT2D eigenvalue weighted by molar-refractivity contribution is 6.00. The number of rotatable bonds is 8. The van der Waals surface area contributed by atoms with Crippen molar-refractivity contribution >= 4 is 23.5 Å². The lowest BCUT2D eigenvalue weighted by Gasteiger charge is -2.17. The minimum atomic E-state index is -1.06. The molecule has 0 radical (unpaired) electrons. The number of methoxy groups -OCH3 is 1. The van der Waals surface area contributed by atoms with E-state index in [2.05, 4.69) is 5.32 Å². The number of hydrogen-bond donors (Lipinski definition) is 2. The Morgan fingerprint density at radius 3 is 2.67 bits per heavy atom. The van der Waals surface area contributed by atoms with Crippen LogP contribution < -0.4 is 15.0 Å². The predicted molar refractivity (Wildman–Crippen MR) is 84.9 cm³/mol. The summed E-state index contributed by atoms with van der Waals surface area (Å²) < 4.78 is 9.92. The minimum Gasteiger partial charge on any atom is -0.497 e. The van der Waals surface area contributed by atoms with Crippen molar-refractivity contribution < 1.29 is 29.0 Å². The number of carbonyl (C=O) groups is 3. The number of benzene rings is 1. The molecule has 8 heteroatoms. The molecule has 0 aliphatic carbocycles. The maximum absolute atomic E-state index is 12.1. The molecule has 2 N–H and O–H groups in total. The summed E-state index contributed by atoms with van der Waals surface area (Å²) in [5, 5.41) is 11.1. The Hall–Kier alpha value is -2.61. The van der Waals surface area contributed by atoms with Crippen LogP contribution in [0.3, 0.4) is 0 Å². The van der Waals surface area contributed by atoms with Gasteiger partial charge in [0.25, 0.3) is 0 Å². The van der Waals surface area contributed by atoms with Gasteiger partial charge in [-0.3, -0.25) is 9.59 Å². The predicted octanol–water partition coefficient (Wildman–Crippen LogP) is 0.265. The molecule has 1 unspecified atom stereocenters. The smallest absolute Gasteiger partial charge is 0.329 e. The van der Waals surface area contributed by atoms with Crippen molar-refractivity contribution in [1.29, 1.82) is 0 Å². The molecule has 1 heterocycles. The summed E-state index contributed by atoms with van der Waals surface area (Å²) in [5.74, 6) is -1.14. The van der Waals surface area contributed by atoms with E-state index in [1.807, 2.05) is 0 Å². The maximum atomic E-state index is 12.1. The fourth-order valence-corrected chi connectivity index (χ4v) is 2.45. The van der Waals surface area contributed by atoms with Crippen LogP contribution in [0.25, 0.3) is 0 Å². The number of nitrogens with zero attached hydrogens (tertiary/aromatic N) is 1. The summed E-state index contributed by atoms with van der Waals surface area (Å²) in [6.45, 7) is 0.232. The van der Waals surface area contributed by atoms with Crippen LogP contribution in [0.2, 0.25) is 0 Å². The Kier molecular flexibility index (Phi) is 6.14. The number of carbonyl (C=O) groups excluding carboxylic acids is 2. The molecule has 2 rings (SSSR count). The standard InChI is InChI=1S/C16H20N2O6/c1-23-13-4-2-12(3-5-13)18-9-11(8-14(18)19)16(22)17-6-7-24-10-15(20)21/h2-5,11H,6-10H2,1H3,(H,17,22)(H,20,21). The average Bonchev–Trinajstić information content (AvgIpc) is 2.96. The fourth-order valence-electron chi connectivity index (χ4n) is 2.45. The van der Waals surface area contributed by atoms with E-state index in [0.717, 1.165) is 5.69 Å². The van der Waals surface area contributed by atoms with Crippen molar-refractivity contribution in [3.05, 3.63) is 24.3 Å². The van der Waals surface area contributed by atoms with Crippen LogP contribution in [0.15, 0.2) is 24.3 Å². The molecule has 0 saturated carbocycles. The van der Waals surface area contributed by atoms with E-state index in [1.165, 1.54) is 0 Å². The van der Waals surface area contributed by atoms with Gasteiger partial charge < -0.3 is 24.8 Å². The first-order chi connectivity index (χ1) is 11.5. The maximum Gasteiger partial charge on any atom is 0.329 e. The SMILES string of the molecule is COc1ccc(N2CC(C(=O)NCCOCC(=O)O)CC2=O)cc1. The molecular weight excluding hydrogens is 316 g/mol. The number of amides is 2. The molecular formula is C16H20N2O6. The van der Waals surface area contributed by atoms with E-state index in [4.69, 9.17) is 14.6 Å². The van der Waals surface area contributed by atoms with Crippen LogP contribution in [0.1, 0.15) is 6.42 Å². The van der Waals surface area contributed by atoms with Gasteiger partial charge in [0.15, 0.2) is 0 Å². The number of carboxylic acid groups (broad SMARTS) is 1. The minimum absolute atomic E-state index is 0.109. The zero-order chi connectivity index (χ0) is 17.5. The first-order valence-corrected chi connectivity index (χ1v) is 7.53. The van der Waals surface area contributed by atoms with Gasteiger partial charge in [0.05, 0.1) is 19.6 Å². The summed E-state index contributed by atoms with van der Waals surface area (Å²) >= 11 is 0. The highest BCUT2D eigenvalue weighted by atomic mass is 16.5. The molecule has 24 heavy (non-hydrogen) atoms. The second-order valence-corrected chi connectivity index (χ2v) is 5.34. The largest absolute Gasteiger partial charge is 0.497 e. The van der Waals surface area contributed by atoms with Gasteiger partial charge in [-0.05, 0) is 24.3 Å². The summed E-state index contributed by atoms with van der Waals surface area (Å²) in [4.78, 5) is 36.1. The van der Waals surface area contributed by atoms with Crippen LogP contribution in [-0.4, -0.2) is 56.3 Å². The molecule has 1 fully saturated rings. The number of carboxylic acids is 1. The van der Waals surface area contributed by atoms with Gasteiger partial charge >= 0.3 is 5.97 Å². The van der Waals surface area contributed by atoms with Crippen LogP contribution in [-0.2, 0) is 19.1 Å². The second kappa shape index (κ2) is 8.30. The number of hydrogen-bond acceptors (Lipinski definition) is 5. The molecule has 1 aliphatic heterocycles. The molecule has 1 aromatic carbocycles. The molecule has 1 saturated heterocycles. The van der Waals surface area contributed by atoms with Crippen molar-refractivity contribution in [1.82, 2.24) is 5.32 Å². The van der Waals surface area contributed by atoms with Crippen molar-refractivity contribution in [3.8, 4) is 5.75 Å². The summed E-state index contributed by atoms with van der Waals surface area (Å²) in [6.07, 6.45) is 0.147. The second-order valence-electron chi connectivity index (χ2n) is 5.34. The lowest BCUT2D eigenvalue weighted by atomic mass is 10.1. The van der Waals surface area contributed by atoms with E-state index >= 15 is 0 Å². The molecule has 1 aromatic rings. The van der Waals surface area contributed by atoms with Gasteiger partial charge in [0.1, 0.15) is 12.4 Å². The van der Waals surface area contributed by atoms with Gasteiger partial charge in [0, 0.05) is 25.2 Å². The third-order valence-corrected chi connectivity index (χ3v) is 3.65. The Morgan fingerprint density at radius 1 is 1.33 bits per heavy atom. The van der Waals surface area contributed by atoms with Crippen LogP contribution in [0.5, 0.6) is 5.75 Å². The molecule has 130 valence electrons. The van der Waals surface area contributed by atoms with Gasteiger partial charge in [-0.15, -0.1) is 0 Å². The molecule has 1 aliphatic rings. The van der Waals surface area contributed by atoms with Crippen molar-refractivity contribution in [2.75, 3.05) is 38.3 Å². The van der Waals surface area contributed by atoms with Crippen LogP contribution in [0, 0.1) is 5.92 Å². The Morgan fingerprint density at radius 2 is 2.04 bits per heavy atom. The summed E-state index contributed by atoms with van der Waals surface area (Å²) in [7, 11) is 1.57.